The van der Waals surface area contributed by atoms with Crippen LogP contribution in [-0.4, -0.2) is 72.4 Å². The van der Waals surface area contributed by atoms with E-state index in [-0.39, 0.29) is 18.8 Å². The fourth-order valence-corrected chi connectivity index (χ4v) is 2.70. The third kappa shape index (κ3) is 3.63. The van der Waals surface area contributed by atoms with Crippen molar-refractivity contribution in [3.8, 4) is 0 Å². The van der Waals surface area contributed by atoms with Crippen molar-refractivity contribution in [3.63, 3.8) is 0 Å². The lowest BCUT2D eigenvalue weighted by Crippen LogP contribution is -2.54. The lowest BCUT2D eigenvalue weighted by Gasteiger charge is -2.41. The summed E-state index contributed by atoms with van der Waals surface area (Å²) in [4.78, 5) is 2.19. The molecule has 100 valence electrons. The first kappa shape index (κ1) is 13.2. The molecule has 0 aromatic rings. The van der Waals surface area contributed by atoms with Crippen LogP contribution in [0.3, 0.4) is 0 Å². The van der Waals surface area contributed by atoms with E-state index >= 15 is 0 Å². The van der Waals surface area contributed by atoms with Crippen molar-refractivity contribution in [2.75, 3.05) is 39.5 Å². The second kappa shape index (κ2) is 5.63. The van der Waals surface area contributed by atoms with Gasteiger partial charge in [0.25, 0.3) is 0 Å². The van der Waals surface area contributed by atoms with Gasteiger partial charge in [0.05, 0.1) is 24.4 Å². The predicted octanol–water partition coefficient (Wildman–Crippen LogP) is -0.390. The summed E-state index contributed by atoms with van der Waals surface area (Å²) in [6.07, 6.45) is 1.39. The van der Waals surface area contributed by atoms with E-state index < -0.39 is 5.60 Å². The van der Waals surface area contributed by atoms with Crippen LogP contribution >= 0.6 is 0 Å². The average Bonchev–Trinajstić information content (AvgIpc) is 2.28. The van der Waals surface area contributed by atoms with Gasteiger partial charge in [-0.3, -0.25) is 4.90 Å². The molecule has 0 bridgehead atoms. The molecular weight excluding hydrogens is 222 g/mol. The van der Waals surface area contributed by atoms with Gasteiger partial charge in [-0.25, -0.2) is 0 Å². The van der Waals surface area contributed by atoms with Gasteiger partial charge in [0.15, 0.2) is 0 Å². The van der Waals surface area contributed by atoms with Crippen LogP contribution in [0.1, 0.15) is 19.8 Å². The molecular formula is C12H23NO4. The van der Waals surface area contributed by atoms with Crippen LogP contribution in [0.5, 0.6) is 0 Å². The lowest BCUT2D eigenvalue weighted by molar-refractivity contribution is -0.128. The highest BCUT2D eigenvalue weighted by atomic mass is 16.5. The van der Waals surface area contributed by atoms with Crippen molar-refractivity contribution in [1.82, 2.24) is 4.90 Å². The molecule has 2 rings (SSSR count). The number of aliphatic hydroxyl groups is 2. The van der Waals surface area contributed by atoms with Crippen LogP contribution < -0.4 is 0 Å². The van der Waals surface area contributed by atoms with Gasteiger partial charge in [0.1, 0.15) is 0 Å². The number of aliphatic hydroxyl groups excluding tert-OH is 1. The van der Waals surface area contributed by atoms with Crippen LogP contribution in [0.2, 0.25) is 0 Å². The highest BCUT2D eigenvalue weighted by Crippen LogP contribution is 2.23. The molecule has 0 saturated carbocycles. The largest absolute Gasteiger partial charge is 0.394 e. The van der Waals surface area contributed by atoms with Crippen LogP contribution in [-0.2, 0) is 9.47 Å². The third-order valence-electron chi connectivity index (χ3n) is 3.55. The maximum atomic E-state index is 10.4. The molecule has 2 heterocycles. The van der Waals surface area contributed by atoms with Gasteiger partial charge in [0, 0.05) is 45.7 Å². The average molecular weight is 245 g/mol. The number of rotatable bonds is 3. The number of ether oxygens (including phenoxy) is 2. The Labute approximate surface area is 102 Å². The highest BCUT2D eigenvalue weighted by Gasteiger charge is 2.34. The second-order valence-electron chi connectivity index (χ2n) is 5.28. The molecule has 0 amide bonds. The van der Waals surface area contributed by atoms with Gasteiger partial charge in [-0.1, -0.05) is 0 Å². The molecule has 2 saturated heterocycles. The summed E-state index contributed by atoms with van der Waals surface area (Å²) in [5.41, 5.74) is -0.630. The number of nitrogens with zero attached hydrogens (tertiary/aromatic N) is 1. The molecule has 0 spiro atoms. The maximum Gasteiger partial charge on any atom is 0.0936 e. The third-order valence-corrected chi connectivity index (χ3v) is 3.55. The first-order valence-electron chi connectivity index (χ1n) is 6.40. The number of hydrogen-bond acceptors (Lipinski definition) is 5. The Bertz CT molecular complexity index is 243. The topological polar surface area (TPSA) is 62.2 Å². The van der Waals surface area contributed by atoms with Gasteiger partial charge < -0.3 is 19.7 Å². The summed E-state index contributed by atoms with van der Waals surface area (Å²) in [6, 6.07) is 0. The summed E-state index contributed by atoms with van der Waals surface area (Å²) in [6.45, 7) is 5.50. The van der Waals surface area contributed by atoms with Crippen molar-refractivity contribution >= 4 is 0 Å². The van der Waals surface area contributed by atoms with Gasteiger partial charge in [-0.05, 0) is 6.92 Å². The first-order chi connectivity index (χ1) is 8.11. The maximum absolute atomic E-state index is 10.4. The van der Waals surface area contributed by atoms with E-state index in [4.69, 9.17) is 14.6 Å². The Kier molecular flexibility index (Phi) is 4.38. The summed E-state index contributed by atoms with van der Waals surface area (Å²) >= 11 is 0. The minimum absolute atomic E-state index is 0.0440. The van der Waals surface area contributed by atoms with E-state index in [0.717, 1.165) is 6.54 Å². The Morgan fingerprint density at radius 3 is 2.65 bits per heavy atom. The Hall–Kier alpha value is -0.200. The molecule has 2 aliphatic heterocycles. The van der Waals surface area contributed by atoms with Crippen molar-refractivity contribution in [2.24, 2.45) is 0 Å². The quantitative estimate of drug-likeness (QED) is 0.709. The van der Waals surface area contributed by atoms with Crippen molar-refractivity contribution in [3.05, 3.63) is 0 Å². The molecule has 17 heavy (non-hydrogen) atoms. The monoisotopic (exact) mass is 245 g/mol. The van der Waals surface area contributed by atoms with Gasteiger partial charge in [-0.2, -0.15) is 0 Å². The summed E-state index contributed by atoms with van der Waals surface area (Å²) in [5.74, 6) is 0. The summed E-state index contributed by atoms with van der Waals surface area (Å²) < 4.78 is 10.9. The minimum atomic E-state index is -0.630. The minimum Gasteiger partial charge on any atom is -0.394 e. The van der Waals surface area contributed by atoms with E-state index in [2.05, 4.69) is 4.90 Å². The van der Waals surface area contributed by atoms with Gasteiger partial charge in [0.2, 0.25) is 0 Å². The van der Waals surface area contributed by atoms with E-state index in [9.17, 15) is 5.11 Å². The molecule has 0 aromatic carbocycles. The fourth-order valence-electron chi connectivity index (χ4n) is 2.70. The molecule has 2 fully saturated rings. The van der Waals surface area contributed by atoms with E-state index in [1.54, 1.807) is 0 Å². The normalized spacial score (nSPS) is 34.8. The Morgan fingerprint density at radius 1 is 1.29 bits per heavy atom. The molecule has 2 atom stereocenters. The van der Waals surface area contributed by atoms with E-state index in [1.165, 1.54) is 0 Å². The zero-order valence-electron chi connectivity index (χ0n) is 10.5. The molecule has 0 radical (unpaired) electrons. The molecule has 5 heteroatoms. The number of morpholine rings is 1. The summed E-state index contributed by atoms with van der Waals surface area (Å²) in [5, 5.41) is 19.6. The van der Waals surface area contributed by atoms with Crippen LogP contribution in [0.15, 0.2) is 0 Å². The van der Waals surface area contributed by atoms with E-state index in [1.807, 2.05) is 6.92 Å². The number of β-amino-alcohol motifs (C(OH)–C–C–N with tert-alkyl or cyclic N) is 1. The Balaban J connectivity index is 1.88. The standard InChI is InChI=1S/C12H23NO4/c1-10-6-13(7-11(8-14)17-10)9-12(15)2-4-16-5-3-12/h10-11,14-15H,2-9H2,1H3. The fraction of sp³-hybridized carbons (Fsp3) is 1.00. The van der Waals surface area contributed by atoms with Crippen molar-refractivity contribution in [2.45, 2.75) is 37.6 Å². The molecule has 2 aliphatic rings. The molecule has 0 aliphatic carbocycles. The molecule has 2 unspecified atom stereocenters. The first-order valence-corrected chi connectivity index (χ1v) is 6.40. The molecule has 2 N–H and O–H groups in total. The summed E-state index contributed by atoms with van der Waals surface area (Å²) in [7, 11) is 0. The van der Waals surface area contributed by atoms with Crippen molar-refractivity contribution < 1.29 is 19.7 Å². The predicted molar refractivity (Wildman–Crippen MR) is 62.9 cm³/mol. The Morgan fingerprint density at radius 2 is 2.00 bits per heavy atom. The zero-order chi connectivity index (χ0) is 12.3. The van der Waals surface area contributed by atoms with Crippen LogP contribution in [0.25, 0.3) is 0 Å². The van der Waals surface area contributed by atoms with E-state index in [0.29, 0.717) is 39.1 Å². The highest BCUT2D eigenvalue weighted by molar-refractivity contribution is 4.87. The van der Waals surface area contributed by atoms with Gasteiger partial charge >= 0.3 is 0 Å². The molecule has 0 aromatic heterocycles. The van der Waals surface area contributed by atoms with Crippen LogP contribution in [0, 0.1) is 0 Å². The smallest absolute Gasteiger partial charge is 0.0936 e. The second-order valence-corrected chi connectivity index (χ2v) is 5.28. The SMILES string of the molecule is CC1CN(CC2(O)CCOCC2)CC(CO)O1. The number of hydrogen-bond donors (Lipinski definition) is 2. The zero-order valence-corrected chi connectivity index (χ0v) is 10.5. The van der Waals surface area contributed by atoms with Gasteiger partial charge in [-0.15, -0.1) is 0 Å². The lowest BCUT2D eigenvalue weighted by atomic mass is 9.93. The molecule has 5 nitrogen and oxygen atoms in total. The van der Waals surface area contributed by atoms with Crippen LogP contribution in [0.4, 0.5) is 0 Å². The van der Waals surface area contributed by atoms with Crippen molar-refractivity contribution in [1.29, 1.82) is 0 Å².